The summed E-state index contributed by atoms with van der Waals surface area (Å²) < 4.78 is 10.6. The zero-order valence-electron chi connectivity index (χ0n) is 12.0. The number of thiocyanates is 1. The van der Waals surface area contributed by atoms with Crippen LogP contribution in [0.1, 0.15) is 16.1 Å². The molecule has 0 unspecified atom stereocenters. The van der Waals surface area contributed by atoms with Crippen LogP contribution in [0.15, 0.2) is 44.3 Å². The Morgan fingerprint density at radius 2 is 2.22 bits per heavy atom. The number of aryl methyl sites for hydroxylation is 1. The topological polar surface area (TPSA) is 92.3 Å². The van der Waals surface area contributed by atoms with Gasteiger partial charge in [-0.25, -0.2) is 4.79 Å². The number of nitrogens with zero attached hydrogens (tertiary/aromatic N) is 1. The molecular weight excluding hydrogens is 384 g/mol. The molecule has 0 spiro atoms. The number of anilines is 1. The summed E-state index contributed by atoms with van der Waals surface area (Å²) in [5.41, 5.74) is 0.810. The number of ether oxygens (including phenoxy) is 1. The Hall–Kier alpha value is -2.24. The molecule has 1 N–H and O–H groups in total. The molecule has 0 atom stereocenters. The molecule has 0 aliphatic carbocycles. The average molecular weight is 395 g/mol. The standard InChI is InChI=1S/C15H11BrN2O4S/c1-9-11(4-5-21-9)15(20)22-7-14(19)18-13-3-2-10(23-8-17)6-12(13)16/h2-6H,7H2,1H3,(H,18,19). The summed E-state index contributed by atoms with van der Waals surface area (Å²) in [6.45, 7) is 1.22. The van der Waals surface area contributed by atoms with Gasteiger partial charge in [0, 0.05) is 9.37 Å². The van der Waals surface area contributed by atoms with Crippen LogP contribution in [0.3, 0.4) is 0 Å². The van der Waals surface area contributed by atoms with E-state index < -0.39 is 18.5 Å². The number of amides is 1. The van der Waals surface area contributed by atoms with Crippen molar-refractivity contribution in [2.75, 3.05) is 11.9 Å². The third kappa shape index (κ3) is 4.61. The van der Waals surface area contributed by atoms with E-state index in [1.165, 1.54) is 12.3 Å². The highest BCUT2D eigenvalue weighted by Crippen LogP contribution is 2.28. The molecule has 118 valence electrons. The molecule has 2 rings (SSSR count). The van der Waals surface area contributed by atoms with E-state index >= 15 is 0 Å². The molecule has 0 aliphatic heterocycles. The van der Waals surface area contributed by atoms with E-state index in [0.29, 0.717) is 15.9 Å². The van der Waals surface area contributed by atoms with E-state index in [0.717, 1.165) is 16.7 Å². The largest absolute Gasteiger partial charge is 0.469 e. The van der Waals surface area contributed by atoms with Crippen molar-refractivity contribution in [2.24, 2.45) is 0 Å². The lowest BCUT2D eigenvalue weighted by Gasteiger charge is -2.08. The van der Waals surface area contributed by atoms with Crippen molar-refractivity contribution in [2.45, 2.75) is 11.8 Å². The lowest BCUT2D eigenvalue weighted by Crippen LogP contribution is -2.21. The molecule has 1 aromatic heterocycles. The molecule has 0 bridgehead atoms. The summed E-state index contributed by atoms with van der Waals surface area (Å²) in [4.78, 5) is 24.4. The number of halogens is 1. The minimum Gasteiger partial charge on any atom is -0.469 e. The van der Waals surface area contributed by atoms with Crippen LogP contribution in [0.25, 0.3) is 0 Å². The van der Waals surface area contributed by atoms with Crippen LogP contribution >= 0.6 is 27.7 Å². The summed E-state index contributed by atoms with van der Waals surface area (Å²) >= 11 is 4.32. The van der Waals surface area contributed by atoms with Crippen molar-refractivity contribution in [1.82, 2.24) is 0 Å². The van der Waals surface area contributed by atoms with Gasteiger partial charge in [-0.3, -0.25) is 4.79 Å². The Morgan fingerprint density at radius 3 is 2.83 bits per heavy atom. The monoisotopic (exact) mass is 394 g/mol. The lowest BCUT2D eigenvalue weighted by molar-refractivity contribution is -0.119. The molecule has 0 fully saturated rings. The van der Waals surface area contributed by atoms with E-state index in [2.05, 4.69) is 21.2 Å². The first-order valence-electron chi connectivity index (χ1n) is 6.38. The van der Waals surface area contributed by atoms with Crippen LogP contribution in [0.5, 0.6) is 0 Å². The molecule has 1 aromatic carbocycles. The number of hydrogen-bond donors (Lipinski definition) is 1. The summed E-state index contributed by atoms with van der Waals surface area (Å²) in [5, 5.41) is 13.2. The summed E-state index contributed by atoms with van der Waals surface area (Å²) in [6.07, 6.45) is 1.38. The quantitative estimate of drug-likeness (QED) is 0.471. The lowest BCUT2D eigenvalue weighted by atomic mass is 10.3. The molecule has 23 heavy (non-hydrogen) atoms. The van der Waals surface area contributed by atoms with Crippen molar-refractivity contribution < 1.29 is 18.7 Å². The maximum atomic E-state index is 11.8. The van der Waals surface area contributed by atoms with Crippen LogP contribution in [0, 0.1) is 17.6 Å². The number of furan rings is 1. The minimum absolute atomic E-state index is 0.289. The number of nitriles is 1. The first-order valence-corrected chi connectivity index (χ1v) is 7.98. The van der Waals surface area contributed by atoms with E-state index in [1.54, 1.807) is 25.1 Å². The van der Waals surface area contributed by atoms with Gasteiger partial charge in [-0.2, -0.15) is 5.26 Å². The maximum absolute atomic E-state index is 11.8. The Kier molecular flexibility index (Phi) is 5.84. The fraction of sp³-hybridized carbons (Fsp3) is 0.133. The number of hydrogen-bond acceptors (Lipinski definition) is 6. The molecule has 0 radical (unpaired) electrons. The second-order valence-corrected chi connectivity index (χ2v) is 6.06. The number of nitrogens with one attached hydrogen (secondary N) is 1. The molecule has 2 aromatic rings. The van der Waals surface area contributed by atoms with Gasteiger partial charge in [0.25, 0.3) is 5.91 Å². The summed E-state index contributed by atoms with van der Waals surface area (Å²) in [7, 11) is 0. The van der Waals surface area contributed by atoms with Crippen molar-refractivity contribution in [3.63, 3.8) is 0 Å². The zero-order valence-corrected chi connectivity index (χ0v) is 14.4. The smallest absolute Gasteiger partial charge is 0.342 e. The maximum Gasteiger partial charge on any atom is 0.342 e. The fourth-order valence-corrected chi connectivity index (χ4v) is 2.75. The fourth-order valence-electron chi connectivity index (χ4n) is 1.71. The van der Waals surface area contributed by atoms with Crippen LogP contribution in [0.2, 0.25) is 0 Å². The predicted molar refractivity (Wildman–Crippen MR) is 88.0 cm³/mol. The number of thioether (sulfide) groups is 1. The van der Waals surface area contributed by atoms with Gasteiger partial charge in [-0.1, -0.05) is 0 Å². The van der Waals surface area contributed by atoms with Crippen LogP contribution in [0.4, 0.5) is 5.69 Å². The van der Waals surface area contributed by atoms with Gasteiger partial charge >= 0.3 is 5.97 Å². The number of rotatable bonds is 5. The predicted octanol–water partition coefficient (Wildman–Crippen LogP) is 3.72. The molecule has 6 nitrogen and oxygen atoms in total. The highest BCUT2D eigenvalue weighted by atomic mass is 79.9. The number of carbonyl (C=O) groups is 2. The summed E-state index contributed by atoms with van der Waals surface area (Å²) in [6, 6.07) is 6.56. The van der Waals surface area contributed by atoms with E-state index in [4.69, 9.17) is 14.4 Å². The van der Waals surface area contributed by atoms with Crippen molar-refractivity contribution in [3.8, 4) is 5.40 Å². The van der Waals surface area contributed by atoms with Crippen molar-refractivity contribution in [3.05, 3.63) is 46.3 Å². The average Bonchev–Trinajstić information content (AvgIpc) is 2.94. The molecule has 0 saturated heterocycles. The van der Waals surface area contributed by atoms with Gasteiger partial charge in [-0.05, 0) is 58.9 Å². The van der Waals surface area contributed by atoms with Crippen LogP contribution in [-0.4, -0.2) is 18.5 Å². The normalized spacial score (nSPS) is 9.96. The van der Waals surface area contributed by atoms with Gasteiger partial charge in [0.2, 0.25) is 0 Å². The molecular formula is C15H11BrN2O4S. The second-order valence-electron chi connectivity index (χ2n) is 4.35. The first kappa shape index (κ1) is 17.1. The zero-order chi connectivity index (χ0) is 16.8. The highest BCUT2D eigenvalue weighted by molar-refractivity contribution is 9.10. The van der Waals surface area contributed by atoms with Gasteiger partial charge in [0.15, 0.2) is 6.61 Å². The van der Waals surface area contributed by atoms with E-state index in [-0.39, 0.29) is 5.56 Å². The Bertz CT molecular complexity index is 782. The highest BCUT2D eigenvalue weighted by Gasteiger charge is 2.15. The van der Waals surface area contributed by atoms with Gasteiger partial charge < -0.3 is 14.5 Å². The van der Waals surface area contributed by atoms with Gasteiger partial charge in [0.05, 0.1) is 12.0 Å². The SMILES string of the molecule is Cc1occc1C(=O)OCC(=O)Nc1ccc(SC#N)cc1Br. The molecule has 8 heteroatoms. The van der Waals surface area contributed by atoms with E-state index in [9.17, 15) is 9.59 Å². The molecule has 0 aliphatic rings. The third-order valence-corrected chi connectivity index (χ3v) is 4.03. The third-order valence-electron chi connectivity index (χ3n) is 2.79. The first-order chi connectivity index (χ1) is 11.0. The molecule has 1 heterocycles. The molecule has 0 saturated carbocycles. The van der Waals surface area contributed by atoms with Crippen molar-refractivity contribution in [1.29, 1.82) is 5.26 Å². The summed E-state index contributed by atoms with van der Waals surface area (Å²) in [5.74, 6) is -0.657. The van der Waals surface area contributed by atoms with E-state index in [1.807, 2.05) is 5.40 Å². The van der Waals surface area contributed by atoms with Crippen LogP contribution in [-0.2, 0) is 9.53 Å². The Balaban J connectivity index is 1.91. The van der Waals surface area contributed by atoms with Gasteiger partial charge in [0.1, 0.15) is 16.7 Å². The van der Waals surface area contributed by atoms with Gasteiger partial charge in [-0.15, -0.1) is 0 Å². The number of benzene rings is 1. The van der Waals surface area contributed by atoms with Crippen molar-refractivity contribution >= 4 is 45.3 Å². The Labute approximate surface area is 144 Å². The number of carbonyl (C=O) groups excluding carboxylic acids is 2. The Morgan fingerprint density at radius 1 is 1.43 bits per heavy atom. The second kappa shape index (κ2) is 7.85. The minimum atomic E-state index is -0.619. The molecule has 1 amide bonds. The van der Waals surface area contributed by atoms with Crippen LogP contribution < -0.4 is 5.32 Å². The number of esters is 1.